The summed E-state index contributed by atoms with van der Waals surface area (Å²) in [5.74, 6) is -0.674. The maximum absolute atomic E-state index is 11.8. The molecule has 1 aromatic heterocycles. The topological polar surface area (TPSA) is 66.1 Å². The van der Waals surface area contributed by atoms with Crippen LogP contribution >= 0.6 is 11.6 Å². The highest BCUT2D eigenvalue weighted by atomic mass is 35.5. The van der Waals surface area contributed by atoms with E-state index in [1.165, 1.54) is 10.9 Å². The summed E-state index contributed by atoms with van der Waals surface area (Å²) in [6.07, 6.45) is 1.26. The third kappa shape index (κ3) is 2.51. The molecule has 0 aliphatic carbocycles. The molecule has 0 N–H and O–H groups in total. The number of fused-ring (bicyclic) bond motifs is 1. The summed E-state index contributed by atoms with van der Waals surface area (Å²) in [4.78, 5) is 11.3. The Morgan fingerprint density at radius 3 is 3.06 bits per heavy atom. The van der Waals surface area contributed by atoms with Crippen molar-refractivity contribution in [1.82, 2.24) is 5.10 Å². The normalized spacial score (nSPS) is 10.6. The van der Waals surface area contributed by atoms with E-state index in [1.807, 2.05) is 0 Å². The fourth-order valence-corrected chi connectivity index (χ4v) is 1.81. The van der Waals surface area contributed by atoms with Gasteiger partial charge >= 0.3 is 5.97 Å². The number of aromatic nitrogens is 2. The first kappa shape index (κ1) is 12.6. The molecule has 2 aromatic rings. The number of hydrogen-bond donors (Lipinski definition) is 0. The zero-order valence-corrected chi connectivity index (χ0v) is 10.5. The Morgan fingerprint density at radius 1 is 1.56 bits per heavy atom. The number of carbonyl (C=O) groups is 1. The van der Waals surface area contributed by atoms with E-state index < -0.39 is 5.97 Å². The van der Waals surface area contributed by atoms with E-state index in [2.05, 4.69) is 5.10 Å². The molecule has 0 saturated carbocycles. The molecule has 18 heavy (non-hydrogen) atoms. The van der Waals surface area contributed by atoms with Crippen molar-refractivity contribution in [1.29, 1.82) is 0 Å². The van der Waals surface area contributed by atoms with Crippen molar-refractivity contribution in [3.8, 4) is 5.75 Å². The Balaban J connectivity index is 2.42. The molecular formula is C12H11ClN2O3. The van der Waals surface area contributed by atoms with Gasteiger partial charge in [-0.05, 0) is 18.7 Å². The summed E-state index contributed by atoms with van der Waals surface area (Å²) in [5, 5.41) is 16.8. The van der Waals surface area contributed by atoms with Crippen LogP contribution in [0.1, 0.15) is 6.92 Å². The molecule has 0 spiro atoms. The molecule has 0 atom stereocenters. The predicted molar refractivity (Wildman–Crippen MR) is 63.0 cm³/mol. The van der Waals surface area contributed by atoms with Crippen LogP contribution in [0.4, 0.5) is 0 Å². The van der Waals surface area contributed by atoms with E-state index in [0.717, 1.165) is 0 Å². The third-order valence-corrected chi connectivity index (χ3v) is 2.65. The first-order valence-electron chi connectivity index (χ1n) is 5.43. The molecule has 0 radical (unpaired) electrons. The van der Waals surface area contributed by atoms with Gasteiger partial charge in [0.2, 0.25) is 0 Å². The molecule has 5 nitrogen and oxygen atoms in total. The smallest absolute Gasteiger partial charge is 0.375 e. The van der Waals surface area contributed by atoms with Gasteiger partial charge in [-0.1, -0.05) is 28.4 Å². The second-order valence-corrected chi connectivity index (χ2v) is 4.04. The molecule has 1 aromatic carbocycles. The fourth-order valence-electron chi connectivity index (χ4n) is 1.60. The van der Waals surface area contributed by atoms with E-state index in [4.69, 9.17) is 16.3 Å². The van der Waals surface area contributed by atoms with Crippen molar-refractivity contribution in [2.45, 2.75) is 13.5 Å². The molecule has 0 bridgehead atoms. The van der Waals surface area contributed by atoms with Crippen LogP contribution in [-0.4, -0.2) is 17.7 Å². The summed E-state index contributed by atoms with van der Waals surface area (Å²) in [6.45, 7) is 1.90. The van der Waals surface area contributed by atoms with E-state index in [0.29, 0.717) is 15.9 Å². The van der Waals surface area contributed by atoms with Crippen LogP contribution in [0.25, 0.3) is 10.9 Å². The molecule has 2 rings (SSSR count). The van der Waals surface area contributed by atoms with Gasteiger partial charge in [-0.3, -0.25) is 0 Å². The standard InChI is InChI=1S/C12H11ClN2O3/c1-2-18-11(17)7-15-6-10(16)8-4-3-5-9(13)12(8)14-15/h3-6H,2,7H2,1H3. The van der Waals surface area contributed by atoms with Gasteiger partial charge in [-0.25, -0.2) is 4.79 Å². The van der Waals surface area contributed by atoms with Gasteiger partial charge in [0.1, 0.15) is 0 Å². The number of halogens is 1. The van der Waals surface area contributed by atoms with Crippen molar-refractivity contribution in [3.05, 3.63) is 29.4 Å². The molecule has 0 amide bonds. The van der Waals surface area contributed by atoms with Crippen molar-refractivity contribution >= 4 is 28.5 Å². The van der Waals surface area contributed by atoms with Crippen molar-refractivity contribution in [2.24, 2.45) is 0 Å². The van der Waals surface area contributed by atoms with Crippen LogP contribution in [0.5, 0.6) is 5.75 Å². The first-order valence-corrected chi connectivity index (χ1v) is 5.81. The summed E-state index contributed by atoms with van der Waals surface area (Å²) in [5.41, 5.74) is 0.385. The van der Waals surface area contributed by atoms with Gasteiger partial charge in [0.05, 0.1) is 11.6 Å². The number of rotatable bonds is 3. The number of ether oxygens (including phenoxy) is 1. The second-order valence-electron chi connectivity index (χ2n) is 3.63. The lowest BCUT2D eigenvalue weighted by Gasteiger charge is -2.07. The van der Waals surface area contributed by atoms with Crippen molar-refractivity contribution in [2.75, 3.05) is 6.61 Å². The lowest BCUT2D eigenvalue weighted by atomic mass is 10.2. The summed E-state index contributed by atoms with van der Waals surface area (Å²) in [7, 11) is 0. The minimum absolute atomic E-state index is 0.107. The zero-order valence-electron chi connectivity index (χ0n) is 9.72. The van der Waals surface area contributed by atoms with E-state index in [9.17, 15) is 9.90 Å². The summed E-state index contributed by atoms with van der Waals surface area (Å²) in [6, 6.07) is 4.97. The monoisotopic (exact) mass is 266 g/mol. The Hall–Kier alpha value is -1.88. The van der Waals surface area contributed by atoms with Gasteiger partial charge in [0.15, 0.2) is 11.7 Å². The first-order chi connectivity index (χ1) is 8.61. The van der Waals surface area contributed by atoms with E-state index >= 15 is 0 Å². The van der Waals surface area contributed by atoms with Gasteiger partial charge in [0.25, 0.3) is 6.54 Å². The molecule has 6 heteroatoms. The van der Waals surface area contributed by atoms with Crippen LogP contribution in [0, 0.1) is 0 Å². The lowest BCUT2D eigenvalue weighted by molar-refractivity contribution is -0.743. The molecule has 0 saturated heterocycles. The Kier molecular flexibility index (Phi) is 3.62. The number of carbonyl (C=O) groups excluding carboxylic acids is 1. The maximum Gasteiger partial charge on any atom is 0.375 e. The molecule has 0 fully saturated rings. The number of benzene rings is 1. The van der Waals surface area contributed by atoms with Crippen LogP contribution in [0.3, 0.4) is 0 Å². The molecule has 94 valence electrons. The number of hydrogen-bond acceptors (Lipinski definition) is 4. The molecule has 0 aliphatic rings. The highest BCUT2D eigenvalue weighted by Crippen LogP contribution is 2.24. The largest absolute Gasteiger partial charge is 0.868 e. The van der Waals surface area contributed by atoms with Crippen LogP contribution in [0.15, 0.2) is 24.4 Å². The van der Waals surface area contributed by atoms with Crippen molar-refractivity contribution in [3.63, 3.8) is 0 Å². The fraction of sp³-hybridized carbons (Fsp3) is 0.250. The Bertz CT molecular complexity index is 601. The number of esters is 1. The second kappa shape index (κ2) is 5.18. The maximum atomic E-state index is 11.8. The van der Waals surface area contributed by atoms with Gasteiger partial charge in [-0.15, -0.1) is 0 Å². The van der Waals surface area contributed by atoms with E-state index in [1.54, 1.807) is 25.1 Å². The molecule has 1 heterocycles. The lowest BCUT2D eigenvalue weighted by Crippen LogP contribution is -2.42. The van der Waals surface area contributed by atoms with Crippen molar-refractivity contribution < 1.29 is 19.3 Å². The molecular weight excluding hydrogens is 256 g/mol. The average Bonchev–Trinajstić information content (AvgIpc) is 2.31. The van der Waals surface area contributed by atoms with Gasteiger partial charge < -0.3 is 9.84 Å². The van der Waals surface area contributed by atoms with Gasteiger partial charge in [-0.2, -0.15) is 0 Å². The SMILES string of the molecule is CCOC(=O)C[n+]1cc([O-])c2cccc(Cl)c2n1. The average molecular weight is 267 g/mol. The highest BCUT2D eigenvalue weighted by Gasteiger charge is 2.14. The molecule has 0 unspecified atom stereocenters. The Morgan fingerprint density at radius 2 is 2.33 bits per heavy atom. The van der Waals surface area contributed by atoms with E-state index in [-0.39, 0.29) is 18.9 Å². The Labute approximate surface area is 109 Å². The minimum atomic E-state index is -0.444. The quantitative estimate of drug-likeness (QED) is 0.609. The summed E-state index contributed by atoms with van der Waals surface area (Å²) < 4.78 is 6.04. The predicted octanol–water partition coefficient (Wildman–Crippen LogP) is 0.812. The minimum Gasteiger partial charge on any atom is -0.868 e. The van der Waals surface area contributed by atoms with Crippen LogP contribution in [0.2, 0.25) is 5.02 Å². The van der Waals surface area contributed by atoms with Crippen LogP contribution in [-0.2, 0) is 16.1 Å². The van der Waals surface area contributed by atoms with Gasteiger partial charge in [0, 0.05) is 10.5 Å². The molecule has 0 aliphatic heterocycles. The zero-order chi connectivity index (χ0) is 13.1. The third-order valence-electron chi connectivity index (χ3n) is 2.34. The number of nitrogens with zero attached hydrogens (tertiary/aromatic N) is 2. The van der Waals surface area contributed by atoms with Crippen LogP contribution < -0.4 is 9.79 Å². The highest BCUT2D eigenvalue weighted by molar-refractivity contribution is 6.35. The summed E-state index contributed by atoms with van der Waals surface area (Å²) >= 11 is 5.97.